The van der Waals surface area contributed by atoms with Crippen LogP contribution in [0.1, 0.15) is 77.1 Å². The zero-order valence-corrected chi connectivity index (χ0v) is 70.0. The number of fused-ring (bicyclic) bond motifs is 12. The third-order valence-electron chi connectivity index (χ3n) is 23.6. The lowest BCUT2D eigenvalue weighted by molar-refractivity contribution is 0.255. The van der Waals surface area contributed by atoms with Crippen LogP contribution in [0.2, 0.25) is 0 Å². The second kappa shape index (κ2) is 33.2. The lowest BCUT2D eigenvalue weighted by Crippen LogP contribution is -2.57. The maximum atomic E-state index is 15.1. The van der Waals surface area contributed by atoms with Gasteiger partial charge in [-0.25, -0.2) is 71.2 Å². The molecule has 3 unspecified atom stereocenters. The molecule has 21 rings (SSSR count). The number of rotatable bonds is 15. The highest BCUT2D eigenvalue weighted by atomic mass is 19.1. The summed E-state index contributed by atoms with van der Waals surface area (Å²) in [4.78, 5) is 61.3. The summed E-state index contributed by atoms with van der Waals surface area (Å²) >= 11 is 0. The largest absolute Gasteiger partial charge is 0.489 e. The van der Waals surface area contributed by atoms with Gasteiger partial charge in [0.2, 0.25) is 17.8 Å². The molecule has 0 saturated carbocycles. The van der Waals surface area contributed by atoms with E-state index in [0.29, 0.717) is 87.6 Å². The monoisotopic (exact) mass is 1690 g/mol. The fraction of sp³-hybridized carbons (Fsp3) is 0.293. The maximum Gasteiger partial charge on any atom is 0.227 e. The minimum absolute atomic E-state index is 0.00463. The van der Waals surface area contributed by atoms with Gasteiger partial charge in [0.1, 0.15) is 94.4 Å². The van der Waals surface area contributed by atoms with Gasteiger partial charge in [-0.3, -0.25) is 9.97 Å². The SMILES string of the molecule is Cc1nc2c(F)cc(-c3nc(Nc4ccc5c(c4)OCC4CN(c6cccnc6)CCN54)ncc3F)cc2n1C(C)C.Cc1nc2c(F)cc(-c3nc(Nc4ccc5c(c4)OCC4CN(c6ccncc6)CCN54)ncc3F)cc2n1C(C)C.Cc1nc2c(F)cc(-c3nc(Nc4ccc5c(c4)OCC4CN(c6ccoc6)CCN54)ncc3F)cc2n1C(C)C. The molecule has 0 radical (unpaired) electrons. The van der Waals surface area contributed by atoms with Crippen LogP contribution < -0.4 is 59.6 Å². The molecular formula is C92H89F6N23O4. The zero-order valence-electron chi connectivity index (χ0n) is 70.0. The van der Waals surface area contributed by atoms with E-state index in [-0.39, 0.29) is 87.7 Å². The summed E-state index contributed by atoms with van der Waals surface area (Å²) in [6.45, 7) is 27.0. The van der Waals surface area contributed by atoms with Crippen LogP contribution in [-0.2, 0) is 0 Å². The van der Waals surface area contributed by atoms with Crippen molar-refractivity contribution in [1.29, 1.82) is 0 Å². The molecular weight excluding hydrogens is 1610 g/mol. The lowest BCUT2D eigenvalue weighted by Gasteiger charge is -2.46. The number of piperazine rings is 3. The Labute approximate surface area is 715 Å². The first-order valence-corrected chi connectivity index (χ1v) is 41.7. The quantitative estimate of drug-likeness (QED) is 0.0806. The van der Waals surface area contributed by atoms with Gasteiger partial charge in [-0.2, -0.15) is 0 Å². The number of nitrogens with zero attached hydrogens (tertiary/aromatic N) is 20. The summed E-state index contributed by atoms with van der Waals surface area (Å²) in [5, 5.41) is 9.49. The van der Waals surface area contributed by atoms with Crippen LogP contribution in [0.5, 0.6) is 17.2 Å². The number of nitrogens with one attached hydrogen (secondary N) is 3. The Kier molecular flexibility index (Phi) is 21.4. The summed E-state index contributed by atoms with van der Waals surface area (Å²) in [6.07, 6.45) is 14.1. The van der Waals surface area contributed by atoms with Gasteiger partial charge in [0.25, 0.3) is 0 Å². The molecule has 0 aliphatic carbocycles. The van der Waals surface area contributed by atoms with Gasteiger partial charge in [0.05, 0.1) is 94.2 Å². The van der Waals surface area contributed by atoms with Crippen molar-refractivity contribution in [2.24, 2.45) is 0 Å². The summed E-state index contributed by atoms with van der Waals surface area (Å²) in [7, 11) is 0. The molecule has 15 aromatic rings. The highest BCUT2D eigenvalue weighted by molar-refractivity contribution is 5.86. The number of furan rings is 1. The molecule has 0 spiro atoms. The molecule has 3 atom stereocenters. The molecule has 33 heteroatoms. The summed E-state index contributed by atoms with van der Waals surface area (Å²) in [5.74, 6) is 1.45. The fourth-order valence-corrected chi connectivity index (χ4v) is 18.0. The minimum atomic E-state index is -0.643. The molecule has 3 fully saturated rings. The number of aromatic nitrogens is 14. The van der Waals surface area contributed by atoms with Gasteiger partial charge >= 0.3 is 0 Å². The number of ether oxygens (including phenoxy) is 3. The Morgan fingerprint density at radius 3 is 1.08 bits per heavy atom. The molecule has 0 bridgehead atoms. The van der Waals surface area contributed by atoms with Gasteiger partial charge in [0, 0.05) is 153 Å². The van der Waals surface area contributed by atoms with E-state index in [9.17, 15) is 13.2 Å². The Balaban J connectivity index is 0.000000123. The third-order valence-corrected chi connectivity index (χ3v) is 23.6. The van der Waals surface area contributed by atoms with Crippen LogP contribution in [-0.4, -0.2) is 165 Å². The van der Waals surface area contributed by atoms with Crippen LogP contribution in [0.25, 0.3) is 66.9 Å². The van der Waals surface area contributed by atoms with E-state index >= 15 is 13.2 Å². The van der Waals surface area contributed by atoms with Crippen molar-refractivity contribution in [1.82, 2.24) is 68.5 Å². The molecule has 3 N–H and O–H groups in total. The fourth-order valence-electron chi connectivity index (χ4n) is 18.0. The molecule has 0 amide bonds. The second-order valence-corrected chi connectivity index (χ2v) is 32.6. The lowest BCUT2D eigenvalue weighted by atomic mass is 10.1. The maximum absolute atomic E-state index is 15.1. The standard InChI is InChI=1S/2C31H30F2N8O.C30H29F2N7O2/c1-18(2)41-19(3)36-30-24(32)12-20(13-27(30)41)29-25(33)15-35-31(38-29)37-21-4-5-26-28(14-21)42-17-23-16-39(10-11-40(23)26)22-6-8-34-9-7-22;1-18(2)41-19(3)36-30-24(32)11-20(12-27(30)41)29-25(33)15-35-31(38-29)37-21-6-7-26-28(13-21)42-17-23-16-39(9-10-40(23)26)22-5-4-8-34-14-22;1-17(2)39-18(3)34-29-23(31)10-19(11-26(29)39)28-24(32)13-33-30(36-28)35-20-4-5-25-27(12-20)41-16-22-14-37(7-8-38(22)25)21-6-9-40-15-21/h4-9,12-15,18,23H,10-11,16-17H2,1-3H3,(H,35,37,38);4-8,11-15,18,23H,9-10,16-17H2,1-3H3,(H,35,37,38);4-6,9-13,15,17,22H,7-8,14,16H2,1-3H3,(H,33,35,36). The Morgan fingerprint density at radius 2 is 0.736 bits per heavy atom. The van der Waals surface area contributed by atoms with Crippen molar-refractivity contribution >= 4 is 102 Å². The number of pyridine rings is 2. The van der Waals surface area contributed by atoms with Crippen LogP contribution in [0.15, 0.2) is 182 Å². The normalized spacial score (nSPS) is 16.4. The molecule has 3 saturated heterocycles. The molecule has 15 heterocycles. The van der Waals surface area contributed by atoms with Crippen LogP contribution in [0, 0.1) is 55.7 Å². The van der Waals surface area contributed by atoms with Crippen LogP contribution in [0.4, 0.5) is 95.4 Å². The third kappa shape index (κ3) is 15.7. The zero-order chi connectivity index (χ0) is 86.2. The number of halogens is 6. The second-order valence-electron chi connectivity index (χ2n) is 32.6. The Morgan fingerprint density at radius 1 is 0.368 bits per heavy atom. The highest BCUT2D eigenvalue weighted by Gasteiger charge is 2.38. The molecule has 125 heavy (non-hydrogen) atoms. The molecule has 6 aliphatic rings. The van der Waals surface area contributed by atoms with Crippen molar-refractivity contribution in [2.75, 3.05) is 124 Å². The van der Waals surface area contributed by atoms with Crippen molar-refractivity contribution in [2.45, 2.75) is 98.6 Å². The van der Waals surface area contributed by atoms with Crippen molar-refractivity contribution in [3.8, 4) is 51.0 Å². The summed E-state index contributed by atoms with van der Waals surface area (Å²) in [6, 6.07) is 37.5. The smallest absolute Gasteiger partial charge is 0.227 e. The van der Waals surface area contributed by atoms with E-state index in [4.69, 9.17) is 18.6 Å². The van der Waals surface area contributed by atoms with Gasteiger partial charge < -0.3 is 77.7 Å². The molecule has 9 aromatic heterocycles. The number of anilines is 12. The number of aryl methyl sites for hydroxylation is 3. The predicted octanol–water partition coefficient (Wildman–Crippen LogP) is 17.9. The summed E-state index contributed by atoms with van der Waals surface area (Å²) < 4.78 is 120. The minimum Gasteiger partial charge on any atom is -0.489 e. The Bertz CT molecular complexity index is 6310. The van der Waals surface area contributed by atoms with Gasteiger partial charge in [0.15, 0.2) is 34.9 Å². The molecule has 638 valence electrons. The van der Waals surface area contributed by atoms with Crippen molar-refractivity contribution in [3.05, 3.63) is 230 Å². The highest BCUT2D eigenvalue weighted by Crippen LogP contribution is 2.44. The van der Waals surface area contributed by atoms with Crippen LogP contribution in [0.3, 0.4) is 0 Å². The number of hydrogen-bond donors (Lipinski definition) is 3. The average molecular weight is 1690 g/mol. The number of hydrogen-bond acceptors (Lipinski definition) is 24. The topological polar surface area (TPSA) is 253 Å². The van der Waals surface area contributed by atoms with E-state index in [0.717, 1.165) is 129 Å². The van der Waals surface area contributed by atoms with Crippen LogP contribution >= 0.6 is 0 Å². The average Bonchev–Trinajstić information content (AvgIpc) is 1.33. The number of benzene rings is 6. The van der Waals surface area contributed by atoms with E-state index in [2.05, 4.69) is 106 Å². The van der Waals surface area contributed by atoms with Gasteiger partial charge in [-0.05, 0) is 165 Å². The van der Waals surface area contributed by atoms with Gasteiger partial charge in [-0.1, -0.05) is 0 Å². The predicted molar refractivity (Wildman–Crippen MR) is 470 cm³/mol. The van der Waals surface area contributed by atoms with Crippen molar-refractivity contribution < 1.29 is 45.0 Å². The van der Waals surface area contributed by atoms with E-state index < -0.39 is 34.9 Å². The van der Waals surface area contributed by atoms with Crippen molar-refractivity contribution in [3.63, 3.8) is 0 Å². The first-order chi connectivity index (χ1) is 60.6. The first-order valence-electron chi connectivity index (χ1n) is 41.7. The van der Waals surface area contributed by atoms with E-state index in [1.54, 1.807) is 36.9 Å². The van der Waals surface area contributed by atoms with E-state index in [1.807, 2.05) is 173 Å². The molecule has 6 aromatic carbocycles. The molecule has 27 nitrogen and oxygen atoms in total. The van der Waals surface area contributed by atoms with Gasteiger partial charge in [-0.15, -0.1) is 0 Å². The first kappa shape index (κ1) is 80.5. The molecule has 6 aliphatic heterocycles. The van der Waals surface area contributed by atoms with E-state index in [1.165, 1.54) is 18.2 Å². The number of imidazole rings is 3. The summed E-state index contributed by atoms with van der Waals surface area (Å²) in [5.41, 5.74) is 12.1. The Hall–Kier alpha value is -14.3.